The highest BCUT2D eigenvalue weighted by molar-refractivity contribution is 5.85. The minimum atomic E-state index is -0.518. The molecule has 0 unspecified atom stereocenters. The molecule has 1 aliphatic heterocycles. The van der Waals surface area contributed by atoms with Crippen LogP contribution in [-0.2, 0) is 9.59 Å². The van der Waals surface area contributed by atoms with E-state index in [1.807, 2.05) is 0 Å². The second-order valence-corrected chi connectivity index (χ2v) is 4.43. The molecular formula is C12H13N5O4. The fraction of sp³-hybridized carbons (Fsp3) is 0.333. The molecular weight excluding hydrogens is 278 g/mol. The van der Waals surface area contributed by atoms with Crippen LogP contribution in [0.15, 0.2) is 34.6 Å². The van der Waals surface area contributed by atoms with Crippen LogP contribution >= 0.6 is 0 Å². The number of nitro groups is 1. The predicted molar refractivity (Wildman–Crippen MR) is 71.6 cm³/mol. The van der Waals surface area contributed by atoms with E-state index in [2.05, 4.69) is 15.8 Å². The summed E-state index contributed by atoms with van der Waals surface area (Å²) in [6.45, 7) is 0.532. The number of hydrogen-bond donors (Lipinski definition) is 1. The molecule has 1 aromatic rings. The van der Waals surface area contributed by atoms with Crippen LogP contribution in [0.2, 0.25) is 0 Å². The Hall–Kier alpha value is -2.84. The van der Waals surface area contributed by atoms with Gasteiger partial charge in [0.1, 0.15) is 6.54 Å². The number of nitrogens with zero attached hydrogens (tertiary/aromatic N) is 4. The van der Waals surface area contributed by atoms with Crippen molar-refractivity contribution in [2.24, 2.45) is 10.3 Å². The Balaban J connectivity index is 1.82. The number of hydrogen-bond acceptors (Lipinski definition) is 6. The van der Waals surface area contributed by atoms with Crippen molar-refractivity contribution in [2.75, 3.05) is 13.1 Å². The molecule has 9 nitrogen and oxygen atoms in total. The SMILES string of the molecule is O=C(CN1CCCC1=O)NN=Nc1ccc([N+](=O)[O-])cc1. The van der Waals surface area contributed by atoms with Gasteiger partial charge >= 0.3 is 0 Å². The average Bonchev–Trinajstić information content (AvgIpc) is 2.85. The highest BCUT2D eigenvalue weighted by Crippen LogP contribution is 2.17. The van der Waals surface area contributed by atoms with Gasteiger partial charge in [-0.2, -0.15) is 0 Å². The largest absolute Gasteiger partial charge is 0.333 e. The molecule has 1 heterocycles. The molecule has 1 aromatic carbocycles. The third-order valence-corrected chi connectivity index (χ3v) is 2.91. The first-order valence-corrected chi connectivity index (χ1v) is 6.28. The highest BCUT2D eigenvalue weighted by Gasteiger charge is 2.22. The summed E-state index contributed by atoms with van der Waals surface area (Å²) < 4.78 is 0. The molecule has 1 saturated heterocycles. The Morgan fingerprint density at radius 3 is 2.67 bits per heavy atom. The van der Waals surface area contributed by atoms with Crippen LogP contribution in [0.4, 0.5) is 11.4 Å². The van der Waals surface area contributed by atoms with Crippen LogP contribution in [-0.4, -0.2) is 34.7 Å². The van der Waals surface area contributed by atoms with Gasteiger partial charge in [-0.25, -0.2) is 5.43 Å². The van der Waals surface area contributed by atoms with Gasteiger partial charge in [-0.1, -0.05) is 5.22 Å². The van der Waals surface area contributed by atoms with Crippen LogP contribution in [0.3, 0.4) is 0 Å². The van der Waals surface area contributed by atoms with E-state index < -0.39 is 10.8 Å². The van der Waals surface area contributed by atoms with Crippen molar-refractivity contribution in [3.8, 4) is 0 Å². The van der Waals surface area contributed by atoms with Gasteiger partial charge < -0.3 is 4.90 Å². The van der Waals surface area contributed by atoms with E-state index in [1.165, 1.54) is 29.2 Å². The van der Waals surface area contributed by atoms with Crippen molar-refractivity contribution in [3.63, 3.8) is 0 Å². The topological polar surface area (TPSA) is 117 Å². The molecule has 2 rings (SSSR count). The van der Waals surface area contributed by atoms with Crippen LogP contribution in [0.1, 0.15) is 12.8 Å². The Bertz CT molecular complexity index is 584. The van der Waals surface area contributed by atoms with Gasteiger partial charge in [0, 0.05) is 25.1 Å². The molecule has 0 spiro atoms. The van der Waals surface area contributed by atoms with Crippen molar-refractivity contribution in [2.45, 2.75) is 12.8 Å². The van der Waals surface area contributed by atoms with E-state index in [0.29, 0.717) is 18.7 Å². The number of likely N-dealkylation sites (tertiary alicyclic amines) is 1. The second-order valence-electron chi connectivity index (χ2n) is 4.43. The summed E-state index contributed by atoms with van der Waals surface area (Å²) in [4.78, 5) is 34.3. The summed E-state index contributed by atoms with van der Waals surface area (Å²) in [7, 11) is 0. The quantitative estimate of drug-likeness (QED) is 0.500. The second kappa shape index (κ2) is 6.55. The summed E-state index contributed by atoms with van der Waals surface area (Å²) in [5.74, 6) is -0.478. The molecule has 0 aliphatic carbocycles. The molecule has 1 fully saturated rings. The van der Waals surface area contributed by atoms with Gasteiger partial charge in [-0.05, 0) is 18.6 Å². The normalized spacial score (nSPS) is 14.7. The van der Waals surface area contributed by atoms with Crippen molar-refractivity contribution >= 4 is 23.2 Å². The van der Waals surface area contributed by atoms with Crippen molar-refractivity contribution in [3.05, 3.63) is 34.4 Å². The fourth-order valence-electron chi connectivity index (χ4n) is 1.86. The molecule has 110 valence electrons. The lowest BCUT2D eigenvalue weighted by molar-refractivity contribution is -0.384. The number of benzene rings is 1. The minimum absolute atomic E-state index is 0.0435. The minimum Gasteiger partial charge on any atom is -0.333 e. The number of rotatable bonds is 5. The first-order chi connectivity index (χ1) is 10.1. The van der Waals surface area contributed by atoms with Gasteiger partial charge in [-0.3, -0.25) is 19.7 Å². The first kappa shape index (κ1) is 14.6. The Morgan fingerprint density at radius 2 is 2.10 bits per heavy atom. The molecule has 9 heteroatoms. The number of carbonyl (C=O) groups excluding carboxylic acids is 2. The third-order valence-electron chi connectivity index (χ3n) is 2.91. The van der Waals surface area contributed by atoms with Crippen LogP contribution in [0.5, 0.6) is 0 Å². The molecule has 0 atom stereocenters. The van der Waals surface area contributed by atoms with Crippen LogP contribution < -0.4 is 5.43 Å². The van der Waals surface area contributed by atoms with Gasteiger partial charge in [0.05, 0.1) is 10.6 Å². The standard InChI is InChI=1S/C12H13N5O4/c18-11(8-16-7-1-2-12(16)19)14-15-13-9-3-5-10(6-4-9)17(20)21/h3-6H,1-2,7-8H2,(H,13,14,18). The summed E-state index contributed by atoms with van der Waals surface area (Å²) in [6, 6.07) is 5.41. The monoisotopic (exact) mass is 291 g/mol. The molecule has 0 radical (unpaired) electrons. The van der Waals surface area contributed by atoms with E-state index in [-0.39, 0.29) is 18.1 Å². The van der Waals surface area contributed by atoms with Crippen molar-refractivity contribution in [1.29, 1.82) is 0 Å². The number of non-ortho nitro benzene ring substituents is 1. The number of carbonyl (C=O) groups is 2. The van der Waals surface area contributed by atoms with E-state index in [9.17, 15) is 19.7 Å². The Labute approximate surface area is 119 Å². The van der Waals surface area contributed by atoms with Crippen molar-refractivity contribution in [1.82, 2.24) is 10.3 Å². The van der Waals surface area contributed by atoms with Gasteiger partial charge in [0.25, 0.3) is 11.6 Å². The zero-order chi connectivity index (χ0) is 15.2. The lowest BCUT2D eigenvalue weighted by Gasteiger charge is -2.12. The number of nitro benzene ring substituents is 1. The maximum Gasteiger partial charge on any atom is 0.269 e. The predicted octanol–water partition coefficient (Wildman–Crippen LogP) is 1.33. The molecule has 2 amide bonds. The summed E-state index contributed by atoms with van der Waals surface area (Å²) in [5, 5.41) is 17.7. The first-order valence-electron chi connectivity index (χ1n) is 6.28. The summed E-state index contributed by atoms with van der Waals surface area (Å²) in [6.07, 6.45) is 1.23. The summed E-state index contributed by atoms with van der Waals surface area (Å²) >= 11 is 0. The molecule has 0 bridgehead atoms. The van der Waals surface area contributed by atoms with Gasteiger partial charge in [0.15, 0.2) is 0 Å². The van der Waals surface area contributed by atoms with E-state index in [4.69, 9.17) is 0 Å². The lowest BCUT2D eigenvalue weighted by atomic mass is 10.3. The van der Waals surface area contributed by atoms with Gasteiger partial charge in [-0.15, -0.1) is 5.11 Å². The zero-order valence-electron chi connectivity index (χ0n) is 11.1. The maximum atomic E-state index is 11.5. The maximum absolute atomic E-state index is 11.5. The Kier molecular flexibility index (Phi) is 4.54. The highest BCUT2D eigenvalue weighted by atomic mass is 16.6. The van der Waals surface area contributed by atoms with Gasteiger partial charge in [0.2, 0.25) is 5.91 Å². The molecule has 1 aliphatic rings. The molecule has 1 N–H and O–H groups in total. The van der Waals surface area contributed by atoms with E-state index >= 15 is 0 Å². The fourth-order valence-corrected chi connectivity index (χ4v) is 1.86. The summed E-state index contributed by atoms with van der Waals surface area (Å²) in [5.41, 5.74) is 2.53. The lowest BCUT2D eigenvalue weighted by Crippen LogP contribution is -2.35. The zero-order valence-corrected chi connectivity index (χ0v) is 11.1. The molecule has 0 aromatic heterocycles. The number of amides is 2. The van der Waals surface area contributed by atoms with Crippen molar-refractivity contribution < 1.29 is 14.5 Å². The van der Waals surface area contributed by atoms with Crippen LogP contribution in [0.25, 0.3) is 0 Å². The van der Waals surface area contributed by atoms with E-state index in [0.717, 1.165) is 6.42 Å². The Morgan fingerprint density at radius 1 is 1.38 bits per heavy atom. The van der Waals surface area contributed by atoms with E-state index in [1.54, 1.807) is 0 Å². The third kappa shape index (κ3) is 4.06. The molecule has 21 heavy (non-hydrogen) atoms. The van der Waals surface area contributed by atoms with Crippen LogP contribution in [0, 0.1) is 10.1 Å². The smallest absolute Gasteiger partial charge is 0.269 e. The average molecular weight is 291 g/mol. The molecule has 0 saturated carbocycles. The number of nitrogens with one attached hydrogen (secondary N) is 1.